The summed E-state index contributed by atoms with van der Waals surface area (Å²) in [5, 5.41) is 13.0. The topological polar surface area (TPSA) is 106 Å². The molecule has 2 heterocycles. The second-order valence-electron chi connectivity index (χ2n) is 6.83. The highest BCUT2D eigenvalue weighted by Gasteiger charge is 2.15. The Morgan fingerprint density at radius 2 is 1.71 bits per heavy atom. The molecule has 0 saturated heterocycles. The molecule has 31 heavy (non-hydrogen) atoms. The zero-order valence-corrected chi connectivity index (χ0v) is 17.2. The number of anilines is 2. The molecule has 0 unspecified atom stereocenters. The van der Waals surface area contributed by atoms with Crippen LogP contribution in [0.1, 0.15) is 16.1 Å². The molecule has 158 valence electrons. The summed E-state index contributed by atoms with van der Waals surface area (Å²) in [7, 11) is 3.15. The predicted molar refractivity (Wildman–Crippen MR) is 116 cm³/mol. The van der Waals surface area contributed by atoms with E-state index in [1.807, 2.05) is 37.3 Å². The number of nitrogens with one attached hydrogen (secondary N) is 2. The minimum absolute atomic E-state index is 0.339. The van der Waals surface area contributed by atoms with Gasteiger partial charge in [-0.05, 0) is 55.5 Å². The first kappa shape index (κ1) is 20.2. The van der Waals surface area contributed by atoms with Crippen LogP contribution in [0.3, 0.4) is 0 Å². The number of carbonyl (C=O) groups excluding carboxylic acids is 1. The lowest BCUT2D eigenvalue weighted by Gasteiger charge is -2.14. The highest BCUT2D eigenvalue weighted by Crippen LogP contribution is 2.37. The third-order valence-electron chi connectivity index (χ3n) is 4.83. The molecule has 4 rings (SSSR count). The van der Waals surface area contributed by atoms with Crippen LogP contribution in [-0.4, -0.2) is 30.3 Å². The molecule has 0 bridgehead atoms. The zero-order chi connectivity index (χ0) is 22.0. The van der Waals surface area contributed by atoms with Gasteiger partial charge in [-0.1, -0.05) is 0 Å². The van der Waals surface area contributed by atoms with Crippen LogP contribution in [0.5, 0.6) is 11.5 Å². The summed E-state index contributed by atoms with van der Waals surface area (Å²) in [6.45, 7) is 1.88. The Bertz CT molecular complexity index is 1250. The second-order valence-corrected chi connectivity index (χ2v) is 6.83. The number of hydrogen-bond donors (Lipinski definition) is 3. The zero-order valence-electron chi connectivity index (χ0n) is 17.2. The number of aromatic nitrogens is 1. The van der Waals surface area contributed by atoms with Crippen molar-refractivity contribution in [2.24, 2.45) is 0 Å². The van der Waals surface area contributed by atoms with Gasteiger partial charge in [0.2, 0.25) is 0 Å². The van der Waals surface area contributed by atoms with Crippen molar-refractivity contribution in [1.29, 1.82) is 0 Å². The number of hydrogen-bond acceptors (Lipinski definition) is 7. The largest absolute Gasteiger partial charge is 0.493 e. The lowest BCUT2D eigenvalue weighted by molar-refractivity contribution is 0.0706. The molecule has 2 aromatic heterocycles. The van der Waals surface area contributed by atoms with E-state index in [-0.39, 0.29) is 0 Å². The summed E-state index contributed by atoms with van der Waals surface area (Å²) in [5.74, 6) is 2.01. The number of aryl methyl sites for hydroxylation is 1. The molecule has 0 aliphatic heterocycles. The van der Waals surface area contributed by atoms with Crippen LogP contribution in [-0.2, 0) is 0 Å². The summed E-state index contributed by atoms with van der Waals surface area (Å²) in [5.41, 5.74) is 4.84. The summed E-state index contributed by atoms with van der Waals surface area (Å²) >= 11 is 0. The number of carbonyl (C=O) groups is 1. The molecule has 4 aromatic rings. The molecule has 8 heteroatoms. The SMILES string of the molecule is COc1cc2nc(-c3ccc(C)o3)cc(Nc3ccc(C(=O)NO)cc3)c2cc1OC. The molecule has 0 aliphatic carbocycles. The molecule has 0 aliphatic rings. The number of fused-ring (bicyclic) bond motifs is 1. The van der Waals surface area contributed by atoms with Crippen LogP contribution in [0.25, 0.3) is 22.4 Å². The third kappa shape index (κ3) is 4.01. The number of benzene rings is 2. The minimum atomic E-state index is -0.576. The number of ether oxygens (including phenoxy) is 2. The Balaban J connectivity index is 1.83. The van der Waals surface area contributed by atoms with Crippen LogP contribution in [0.2, 0.25) is 0 Å². The molecule has 2 aromatic carbocycles. The molecule has 1 amide bonds. The van der Waals surface area contributed by atoms with Crippen molar-refractivity contribution in [3.8, 4) is 23.0 Å². The average molecular weight is 419 g/mol. The predicted octanol–water partition coefficient (Wildman–Crippen LogP) is 4.68. The van der Waals surface area contributed by atoms with E-state index < -0.39 is 5.91 Å². The standard InChI is InChI=1S/C23H21N3O5/c1-13-4-9-20(31-13)19-11-17(24-15-7-5-14(6-8-15)23(27)26-28)16-10-21(29-2)22(30-3)12-18(16)25-19/h4-12,28H,1-3H3,(H,24,25)(H,26,27). The van der Waals surface area contributed by atoms with Gasteiger partial charge in [-0.3, -0.25) is 10.0 Å². The molecule has 0 spiro atoms. The third-order valence-corrected chi connectivity index (χ3v) is 4.83. The Hall–Kier alpha value is -4.04. The van der Waals surface area contributed by atoms with Crippen LogP contribution in [0, 0.1) is 6.92 Å². The number of hydroxylamine groups is 1. The smallest absolute Gasteiger partial charge is 0.274 e. The van der Waals surface area contributed by atoms with Gasteiger partial charge in [-0.2, -0.15) is 0 Å². The van der Waals surface area contributed by atoms with Gasteiger partial charge < -0.3 is 19.2 Å². The number of rotatable bonds is 6. The second kappa shape index (κ2) is 8.37. The molecule has 0 radical (unpaired) electrons. The summed E-state index contributed by atoms with van der Waals surface area (Å²) in [4.78, 5) is 16.3. The lowest BCUT2D eigenvalue weighted by Crippen LogP contribution is -2.18. The van der Waals surface area contributed by atoms with Gasteiger partial charge in [0, 0.05) is 22.7 Å². The van der Waals surface area contributed by atoms with Gasteiger partial charge in [-0.25, -0.2) is 10.5 Å². The Morgan fingerprint density at radius 1 is 1.00 bits per heavy atom. The maximum Gasteiger partial charge on any atom is 0.274 e. The highest BCUT2D eigenvalue weighted by atomic mass is 16.5. The van der Waals surface area contributed by atoms with E-state index >= 15 is 0 Å². The Kier molecular flexibility index (Phi) is 5.46. The van der Waals surface area contributed by atoms with E-state index in [4.69, 9.17) is 24.1 Å². The molecular formula is C23H21N3O5. The van der Waals surface area contributed by atoms with Gasteiger partial charge in [0.25, 0.3) is 5.91 Å². The lowest BCUT2D eigenvalue weighted by atomic mass is 10.1. The first-order valence-electron chi connectivity index (χ1n) is 9.47. The maximum absolute atomic E-state index is 11.6. The number of pyridine rings is 1. The van der Waals surface area contributed by atoms with E-state index in [9.17, 15) is 4.79 Å². The summed E-state index contributed by atoms with van der Waals surface area (Å²) in [6, 6.07) is 16.0. The van der Waals surface area contributed by atoms with Crippen molar-refractivity contribution in [3.05, 3.63) is 65.9 Å². The molecule has 8 nitrogen and oxygen atoms in total. The highest BCUT2D eigenvalue weighted by molar-refractivity contribution is 5.97. The van der Waals surface area contributed by atoms with Crippen LogP contribution < -0.4 is 20.3 Å². The van der Waals surface area contributed by atoms with Gasteiger partial charge in [0.1, 0.15) is 11.5 Å². The van der Waals surface area contributed by atoms with Gasteiger partial charge >= 0.3 is 0 Å². The first-order valence-corrected chi connectivity index (χ1v) is 9.47. The number of amides is 1. The van der Waals surface area contributed by atoms with Crippen molar-refractivity contribution >= 4 is 28.2 Å². The van der Waals surface area contributed by atoms with Crippen molar-refractivity contribution in [2.75, 3.05) is 19.5 Å². The summed E-state index contributed by atoms with van der Waals surface area (Å²) in [6.07, 6.45) is 0. The van der Waals surface area contributed by atoms with E-state index in [2.05, 4.69) is 5.32 Å². The van der Waals surface area contributed by atoms with Crippen molar-refractivity contribution < 1.29 is 23.9 Å². The Labute approximate surface area is 178 Å². The van der Waals surface area contributed by atoms with Crippen LogP contribution >= 0.6 is 0 Å². The van der Waals surface area contributed by atoms with E-state index in [1.165, 1.54) is 0 Å². The van der Waals surface area contributed by atoms with E-state index in [1.54, 1.807) is 44.0 Å². The van der Waals surface area contributed by atoms with Gasteiger partial charge in [0.05, 0.1) is 25.4 Å². The minimum Gasteiger partial charge on any atom is -0.493 e. The Morgan fingerprint density at radius 3 is 2.32 bits per heavy atom. The fraction of sp³-hybridized carbons (Fsp3) is 0.130. The van der Waals surface area contributed by atoms with Crippen molar-refractivity contribution in [2.45, 2.75) is 6.92 Å². The quantitative estimate of drug-likeness (QED) is 0.308. The molecule has 0 saturated carbocycles. The van der Waals surface area contributed by atoms with Crippen LogP contribution in [0.4, 0.5) is 11.4 Å². The van der Waals surface area contributed by atoms with Gasteiger partial charge in [0.15, 0.2) is 17.3 Å². The molecule has 0 atom stereocenters. The van der Waals surface area contributed by atoms with E-state index in [0.717, 1.165) is 22.5 Å². The van der Waals surface area contributed by atoms with Crippen molar-refractivity contribution in [1.82, 2.24) is 10.5 Å². The fourth-order valence-corrected chi connectivity index (χ4v) is 3.28. The number of methoxy groups -OCH3 is 2. The summed E-state index contributed by atoms with van der Waals surface area (Å²) < 4.78 is 16.7. The van der Waals surface area contributed by atoms with Crippen molar-refractivity contribution in [3.63, 3.8) is 0 Å². The number of furan rings is 1. The maximum atomic E-state index is 11.6. The van der Waals surface area contributed by atoms with Gasteiger partial charge in [-0.15, -0.1) is 0 Å². The molecular weight excluding hydrogens is 398 g/mol. The average Bonchev–Trinajstić information content (AvgIpc) is 3.24. The van der Waals surface area contributed by atoms with Crippen LogP contribution in [0.15, 0.2) is 59.0 Å². The monoisotopic (exact) mass is 419 g/mol. The number of nitrogens with zero attached hydrogens (tertiary/aromatic N) is 1. The molecule has 0 fully saturated rings. The molecule has 3 N–H and O–H groups in total. The van der Waals surface area contributed by atoms with E-state index in [0.29, 0.717) is 34.0 Å². The first-order chi connectivity index (χ1) is 15.0. The fourth-order valence-electron chi connectivity index (χ4n) is 3.28. The normalized spacial score (nSPS) is 10.7.